The van der Waals surface area contributed by atoms with Gasteiger partial charge in [0.2, 0.25) is 0 Å². The van der Waals surface area contributed by atoms with E-state index < -0.39 is 23.4 Å². The SMILES string of the molecule is O=C(Nc1ccc(F)c(F)c1)c1ccnc(C(=O)NCCN2CCOCC2)c1. The topological polar surface area (TPSA) is 83.6 Å². The Labute approximate surface area is 160 Å². The van der Waals surface area contributed by atoms with Crippen molar-refractivity contribution < 1.29 is 23.1 Å². The fraction of sp³-hybridized carbons (Fsp3) is 0.316. The Bertz CT molecular complexity index is 857. The molecule has 1 saturated heterocycles. The van der Waals surface area contributed by atoms with Crippen LogP contribution in [0.1, 0.15) is 20.8 Å². The van der Waals surface area contributed by atoms with Crippen molar-refractivity contribution in [2.24, 2.45) is 0 Å². The van der Waals surface area contributed by atoms with Crippen LogP contribution in [0.25, 0.3) is 0 Å². The molecule has 148 valence electrons. The van der Waals surface area contributed by atoms with E-state index in [1.807, 2.05) is 0 Å². The zero-order valence-corrected chi connectivity index (χ0v) is 15.1. The zero-order chi connectivity index (χ0) is 19.9. The second-order valence-corrected chi connectivity index (χ2v) is 6.22. The number of carbonyl (C=O) groups excluding carboxylic acids is 2. The molecule has 1 aromatic carbocycles. The third-order valence-corrected chi connectivity index (χ3v) is 4.25. The normalized spacial score (nSPS) is 14.5. The number of hydrogen-bond donors (Lipinski definition) is 2. The van der Waals surface area contributed by atoms with E-state index >= 15 is 0 Å². The number of ether oxygens (including phenoxy) is 1. The van der Waals surface area contributed by atoms with E-state index in [9.17, 15) is 18.4 Å². The van der Waals surface area contributed by atoms with Gasteiger partial charge in [-0.2, -0.15) is 0 Å². The minimum atomic E-state index is -1.06. The fourth-order valence-electron chi connectivity index (χ4n) is 2.72. The van der Waals surface area contributed by atoms with Gasteiger partial charge in [-0.1, -0.05) is 0 Å². The number of nitrogens with zero attached hydrogens (tertiary/aromatic N) is 2. The maximum Gasteiger partial charge on any atom is 0.269 e. The third kappa shape index (κ3) is 5.30. The van der Waals surface area contributed by atoms with E-state index in [1.54, 1.807) is 0 Å². The van der Waals surface area contributed by atoms with Gasteiger partial charge in [0.1, 0.15) is 5.69 Å². The van der Waals surface area contributed by atoms with Crippen LogP contribution in [0.2, 0.25) is 0 Å². The molecular formula is C19H20F2N4O3. The average Bonchev–Trinajstić information content (AvgIpc) is 2.71. The standard InChI is InChI=1S/C19H20F2N4O3/c20-15-2-1-14(12-16(15)21)24-18(26)13-3-4-22-17(11-13)19(27)23-5-6-25-7-9-28-10-8-25/h1-4,11-12H,5-10H2,(H,23,27)(H,24,26). The summed E-state index contributed by atoms with van der Waals surface area (Å²) in [7, 11) is 0. The monoisotopic (exact) mass is 390 g/mol. The molecule has 0 aliphatic carbocycles. The lowest BCUT2D eigenvalue weighted by molar-refractivity contribution is 0.0383. The lowest BCUT2D eigenvalue weighted by Crippen LogP contribution is -2.41. The molecule has 0 atom stereocenters. The van der Waals surface area contributed by atoms with Crippen LogP contribution in [0.4, 0.5) is 14.5 Å². The summed E-state index contributed by atoms with van der Waals surface area (Å²) in [6.07, 6.45) is 1.34. The highest BCUT2D eigenvalue weighted by Crippen LogP contribution is 2.14. The van der Waals surface area contributed by atoms with Crippen LogP contribution in [-0.4, -0.2) is 61.1 Å². The van der Waals surface area contributed by atoms with E-state index in [-0.39, 0.29) is 16.9 Å². The smallest absolute Gasteiger partial charge is 0.269 e. The van der Waals surface area contributed by atoms with E-state index in [0.29, 0.717) is 26.3 Å². The van der Waals surface area contributed by atoms with E-state index in [0.717, 1.165) is 25.2 Å². The van der Waals surface area contributed by atoms with Crippen molar-refractivity contribution in [2.45, 2.75) is 0 Å². The average molecular weight is 390 g/mol. The molecule has 2 aromatic rings. The predicted molar refractivity (Wildman–Crippen MR) is 98.1 cm³/mol. The molecular weight excluding hydrogens is 370 g/mol. The number of carbonyl (C=O) groups is 2. The molecule has 1 aliphatic rings. The largest absolute Gasteiger partial charge is 0.379 e. The first kappa shape index (κ1) is 19.8. The number of anilines is 1. The molecule has 2 amide bonds. The molecule has 1 fully saturated rings. The minimum absolute atomic E-state index is 0.0971. The second-order valence-electron chi connectivity index (χ2n) is 6.22. The van der Waals surface area contributed by atoms with Crippen LogP contribution in [0, 0.1) is 11.6 Å². The van der Waals surface area contributed by atoms with Gasteiger partial charge in [0.15, 0.2) is 11.6 Å². The Kier molecular flexibility index (Phi) is 6.62. The molecule has 0 bridgehead atoms. The summed E-state index contributed by atoms with van der Waals surface area (Å²) in [6, 6.07) is 5.83. The van der Waals surface area contributed by atoms with E-state index in [1.165, 1.54) is 24.4 Å². The molecule has 0 saturated carbocycles. The maximum absolute atomic E-state index is 13.3. The fourth-order valence-corrected chi connectivity index (χ4v) is 2.72. The molecule has 28 heavy (non-hydrogen) atoms. The van der Waals surface area contributed by atoms with Gasteiger partial charge in [0.25, 0.3) is 11.8 Å². The highest BCUT2D eigenvalue weighted by molar-refractivity contribution is 6.05. The zero-order valence-electron chi connectivity index (χ0n) is 15.1. The van der Waals surface area contributed by atoms with Crippen LogP contribution in [-0.2, 0) is 4.74 Å². The summed E-state index contributed by atoms with van der Waals surface area (Å²) in [6.45, 7) is 4.17. The van der Waals surface area contributed by atoms with Gasteiger partial charge in [-0.3, -0.25) is 19.5 Å². The molecule has 3 rings (SSSR count). The first-order chi connectivity index (χ1) is 13.5. The molecule has 0 radical (unpaired) electrons. The number of halogens is 2. The van der Waals surface area contributed by atoms with Crippen LogP contribution in [0.3, 0.4) is 0 Å². The minimum Gasteiger partial charge on any atom is -0.379 e. The van der Waals surface area contributed by atoms with Crippen molar-refractivity contribution in [3.63, 3.8) is 0 Å². The van der Waals surface area contributed by atoms with E-state index in [4.69, 9.17) is 4.74 Å². The number of nitrogens with one attached hydrogen (secondary N) is 2. The lowest BCUT2D eigenvalue weighted by atomic mass is 10.2. The molecule has 1 aliphatic heterocycles. The van der Waals surface area contributed by atoms with Crippen molar-refractivity contribution in [1.29, 1.82) is 0 Å². The van der Waals surface area contributed by atoms with Crippen molar-refractivity contribution in [1.82, 2.24) is 15.2 Å². The number of rotatable bonds is 6. The first-order valence-electron chi connectivity index (χ1n) is 8.83. The van der Waals surface area contributed by atoms with Gasteiger partial charge in [0, 0.05) is 49.7 Å². The number of hydrogen-bond acceptors (Lipinski definition) is 5. The Hall–Kier alpha value is -2.91. The van der Waals surface area contributed by atoms with Crippen LogP contribution in [0.15, 0.2) is 36.5 Å². The number of aromatic nitrogens is 1. The molecule has 2 N–H and O–H groups in total. The van der Waals surface area contributed by atoms with Crippen LogP contribution < -0.4 is 10.6 Å². The van der Waals surface area contributed by atoms with Crippen LogP contribution >= 0.6 is 0 Å². The summed E-state index contributed by atoms with van der Waals surface area (Å²) in [5.74, 6) is -3.02. The van der Waals surface area contributed by atoms with Gasteiger partial charge in [-0.05, 0) is 24.3 Å². The Morgan fingerprint density at radius 2 is 1.86 bits per heavy atom. The summed E-state index contributed by atoms with van der Waals surface area (Å²) in [5, 5.41) is 5.22. The first-order valence-corrected chi connectivity index (χ1v) is 8.83. The quantitative estimate of drug-likeness (QED) is 0.784. The number of pyridine rings is 1. The van der Waals surface area contributed by atoms with Gasteiger partial charge in [-0.25, -0.2) is 8.78 Å². The number of benzene rings is 1. The Balaban J connectivity index is 1.56. The van der Waals surface area contributed by atoms with Crippen molar-refractivity contribution in [2.75, 3.05) is 44.7 Å². The summed E-state index contributed by atoms with van der Waals surface area (Å²) >= 11 is 0. The number of amides is 2. The molecule has 1 aromatic heterocycles. The predicted octanol–water partition coefficient (Wildman–Crippen LogP) is 1.67. The highest BCUT2D eigenvalue weighted by atomic mass is 19.2. The molecule has 0 spiro atoms. The molecule has 7 nitrogen and oxygen atoms in total. The Morgan fingerprint density at radius 3 is 2.61 bits per heavy atom. The molecule has 2 heterocycles. The van der Waals surface area contributed by atoms with Crippen molar-refractivity contribution in [3.05, 3.63) is 59.4 Å². The summed E-state index contributed by atoms with van der Waals surface area (Å²) in [4.78, 5) is 30.7. The van der Waals surface area contributed by atoms with Gasteiger partial charge >= 0.3 is 0 Å². The van der Waals surface area contributed by atoms with Crippen molar-refractivity contribution >= 4 is 17.5 Å². The maximum atomic E-state index is 13.3. The summed E-state index contributed by atoms with van der Waals surface area (Å²) in [5.41, 5.74) is 0.384. The lowest BCUT2D eigenvalue weighted by Gasteiger charge is -2.26. The van der Waals surface area contributed by atoms with Gasteiger partial charge in [-0.15, -0.1) is 0 Å². The number of morpholine rings is 1. The van der Waals surface area contributed by atoms with Crippen LogP contribution in [0.5, 0.6) is 0 Å². The third-order valence-electron chi connectivity index (χ3n) is 4.25. The van der Waals surface area contributed by atoms with Crippen molar-refractivity contribution in [3.8, 4) is 0 Å². The Morgan fingerprint density at radius 1 is 1.07 bits per heavy atom. The molecule has 9 heteroatoms. The van der Waals surface area contributed by atoms with Gasteiger partial charge < -0.3 is 15.4 Å². The second kappa shape index (κ2) is 9.34. The summed E-state index contributed by atoms with van der Waals surface area (Å²) < 4.78 is 31.5. The molecule has 0 unspecified atom stereocenters. The van der Waals surface area contributed by atoms with Gasteiger partial charge in [0.05, 0.1) is 13.2 Å². The van der Waals surface area contributed by atoms with E-state index in [2.05, 4.69) is 20.5 Å². The highest BCUT2D eigenvalue weighted by Gasteiger charge is 2.14.